The van der Waals surface area contributed by atoms with Crippen LogP contribution in [0.3, 0.4) is 0 Å². The number of hydrogen-bond acceptors (Lipinski definition) is 3. The van der Waals surface area contributed by atoms with Crippen LogP contribution in [0.5, 0.6) is 0 Å². The van der Waals surface area contributed by atoms with Crippen LogP contribution in [0.15, 0.2) is 47.4 Å². The van der Waals surface area contributed by atoms with Crippen LogP contribution in [0.4, 0.5) is 0 Å². The summed E-state index contributed by atoms with van der Waals surface area (Å²) in [5, 5.41) is 4.11. The second kappa shape index (κ2) is 12.7. The molecule has 4 nitrogen and oxygen atoms in total. The Morgan fingerprint density at radius 1 is 1.06 bits per heavy atom. The number of nitrogens with zero attached hydrogens (tertiary/aromatic N) is 1. The molecule has 0 saturated heterocycles. The predicted molar refractivity (Wildman–Crippen MR) is 138 cm³/mol. The number of hydrogen-bond donors (Lipinski definition) is 1. The molecular weight excluding hydrogens is 475 g/mol. The molecule has 2 aromatic carbocycles. The van der Waals surface area contributed by atoms with E-state index >= 15 is 0 Å². The number of halogens is 2. The Hall–Kier alpha value is -1.69. The molecule has 0 aromatic heterocycles. The first-order valence-corrected chi connectivity index (χ1v) is 13.3. The maximum atomic E-state index is 13.4. The highest BCUT2D eigenvalue weighted by molar-refractivity contribution is 8.00. The molecule has 1 N–H and O–H groups in total. The molecule has 1 atom stereocenters. The van der Waals surface area contributed by atoms with Gasteiger partial charge in [-0.15, -0.1) is 11.8 Å². The average Bonchev–Trinajstić information content (AvgIpc) is 2.81. The fraction of sp³-hybridized carbons (Fsp3) is 0.462. The Labute approximate surface area is 211 Å². The molecule has 178 valence electrons. The van der Waals surface area contributed by atoms with E-state index in [0.717, 1.165) is 36.1 Å². The van der Waals surface area contributed by atoms with Crippen LogP contribution in [0.1, 0.15) is 56.6 Å². The SMILES string of the molecule is CC[C@H](C(=O)NC1CCCCC1)N(Cc1ccc(Cl)c(Cl)c1)C(=O)CSc1ccc(C)cc1. The number of nitrogens with one attached hydrogen (secondary N) is 1. The van der Waals surface area contributed by atoms with E-state index in [1.807, 2.05) is 44.2 Å². The lowest BCUT2D eigenvalue weighted by Crippen LogP contribution is -2.52. The van der Waals surface area contributed by atoms with E-state index in [4.69, 9.17) is 23.2 Å². The van der Waals surface area contributed by atoms with Gasteiger partial charge in [-0.05, 0) is 56.0 Å². The number of rotatable bonds is 9. The third-order valence-electron chi connectivity index (χ3n) is 6.06. The number of aryl methyl sites for hydroxylation is 1. The van der Waals surface area contributed by atoms with Gasteiger partial charge in [0.05, 0.1) is 15.8 Å². The maximum absolute atomic E-state index is 13.4. The third-order valence-corrected chi connectivity index (χ3v) is 7.79. The van der Waals surface area contributed by atoms with Crippen LogP contribution in [0.2, 0.25) is 10.0 Å². The Balaban J connectivity index is 1.77. The predicted octanol–water partition coefficient (Wildman–Crippen LogP) is 6.65. The second-order valence-corrected chi connectivity index (χ2v) is 10.5. The fourth-order valence-corrected chi connectivity index (χ4v) is 5.27. The molecule has 2 amide bonds. The van der Waals surface area contributed by atoms with Gasteiger partial charge in [0.2, 0.25) is 11.8 Å². The minimum Gasteiger partial charge on any atom is -0.352 e. The molecule has 2 aromatic rings. The van der Waals surface area contributed by atoms with E-state index in [1.165, 1.54) is 23.7 Å². The van der Waals surface area contributed by atoms with E-state index in [9.17, 15) is 9.59 Å². The topological polar surface area (TPSA) is 49.4 Å². The normalized spacial score (nSPS) is 15.2. The number of benzene rings is 2. The summed E-state index contributed by atoms with van der Waals surface area (Å²) in [4.78, 5) is 29.4. The summed E-state index contributed by atoms with van der Waals surface area (Å²) in [6.45, 7) is 4.30. The Morgan fingerprint density at radius 3 is 2.39 bits per heavy atom. The summed E-state index contributed by atoms with van der Waals surface area (Å²) in [5.41, 5.74) is 2.03. The largest absolute Gasteiger partial charge is 0.352 e. The van der Waals surface area contributed by atoms with Crippen molar-refractivity contribution >= 4 is 46.8 Å². The van der Waals surface area contributed by atoms with Crippen molar-refractivity contribution in [3.63, 3.8) is 0 Å². The van der Waals surface area contributed by atoms with Crippen molar-refractivity contribution in [3.8, 4) is 0 Å². The van der Waals surface area contributed by atoms with Crippen molar-refractivity contribution in [1.82, 2.24) is 10.2 Å². The average molecular weight is 508 g/mol. The molecule has 0 heterocycles. The number of carbonyl (C=O) groups is 2. The highest BCUT2D eigenvalue weighted by Gasteiger charge is 2.30. The van der Waals surface area contributed by atoms with Gasteiger partial charge >= 0.3 is 0 Å². The molecule has 0 unspecified atom stereocenters. The van der Waals surface area contributed by atoms with E-state index in [0.29, 0.717) is 23.0 Å². The summed E-state index contributed by atoms with van der Waals surface area (Å²) in [6, 6.07) is 13.1. The van der Waals surface area contributed by atoms with Crippen LogP contribution in [0, 0.1) is 6.92 Å². The van der Waals surface area contributed by atoms with Crippen molar-refractivity contribution in [2.24, 2.45) is 0 Å². The first-order chi connectivity index (χ1) is 15.9. The van der Waals surface area contributed by atoms with E-state index in [1.54, 1.807) is 17.0 Å². The second-order valence-electron chi connectivity index (χ2n) is 8.64. The monoisotopic (exact) mass is 506 g/mol. The summed E-state index contributed by atoms with van der Waals surface area (Å²) in [5.74, 6) is 0.118. The quantitative estimate of drug-likeness (QED) is 0.387. The van der Waals surface area contributed by atoms with Gasteiger partial charge in [-0.3, -0.25) is 9.59 Å². The zero-order chi connectivity index (χ0) is 23.8. The Kier molecular flexibility index (Phi) is 9.96. The molecular formula is C26H32Cl2N2O2S. The van der Waals surface area contributed by atoms with Crippen molar-refractivity contribution in [2.45, 2.75) is 75.9 Å². The van der Waals surface area contributed by atoms with Crippen molar-refractivity contribution in [3.05, 3.63) is 63.6 Å². The smallest absolute Gasteiger partial charge is 0.243 e. The van der Waals surface area contributed by atoms with Gasteiger partial charge in [0, 0.05) is 17.5 Å². The van der Waals surface area contributed by atoms with Crippen molar-refractivity contribution in [1.29, 1.82) is 0 Å². The molecule has 7 heteroatoms. The van der Waals surface area contributed by atoms with Gasteiger partial charge in [-0.2, -0.15) is 0 Å². The van der Waals surface area contributed by atoms with Crippen LogP contribution in [-0.2, 0) is 16.1 Å². The van der Waals surface area contributed by atoms with Crippen LogP contribution < -0.4 is 5.32 Å². The van der Waals surface area contributed by atoms with E-state index in [-0.39, 0.29) is 23.6 Å². The highest BCUT2D eigenvalue weighted by atomic mass is 35.5. The first-order valence-electron chi connectivity index (χ1n) is 11.6. The van der Waals surface area contributed by atoms with Gasteiger partial charge in [0.15, 0.2) is 0 Å². The molecule has 1 fully saturated rings. The molecule has 0 radical (unpaired) electrons. The highest BCUT2D eigenvalue weighted by Crippen LogP contribution is 2.26. The van der Waals surface area contributed by atoms with Gasteiger partial charge in [-0.25, -0.2) is 0 Å². The first kappa shape index (κ1) is 25.9. The molecule has 1 saturated carbocycles. The lowest BCUT2D eigenvalue weighted by atomic mass is 9.95. The third kappa shape index (κ3) is 7.66. The summed E-state index contributed by atoms with van der Waals surface area (Å²) >= 11 is 13.8. The Morgan fingerprint density at radius 2 is 1.76 bits per heavy atom. The van der Waals surface area contributed by atoms with Gasteiger partial charge in [0.1, 0.15) is 6.04 Å². The molecule has 1 aliphatic rings. The molecule has 0 bridgehead atoms. The molecule has 3 rings (SSSR count). The van der Waals surface area contributed by atoms with Gasteiger partial charge in [0.25, 0.3) is 0 Å². The standard InChI is InChI=1S/C26H32Cl2N2O2S/c1-3-24(26(32)29-20-7-5-4-6-8-20)30(16-19-11-14-22(27)23(28)15-19)25(31)17-33-21-12-9-18(2)10-13-21/h9-15,20,24H,3-8,16-17H2,1-2H3,(H,29,32)/t24-/m1/s1. The van der Waals surface area contributed by atoms with Crippen molar-refractivity contribution < 1.29 is 9.59 Å². The molecule has 0 spiro atoms. The minimum atomic E-state index is -0.535. The zero-order valence-electron chi connectivity index (χ0n) is 19.3. The minimum absolute atomic E-state index is 0.0712. The molecule has 0 aliphatic heterocycles. The molecule has 1 aliphatic carbocycles. The van der Waals surface area contributed by atoms with Crippen LogP contribution in [-0.4, -0.2) is 34.6 Å². The lowest BCUT2D eigenvalue weighted by Gasteiger charge is -2.32. The lowest BCUT2D eigenvalue weighted by molar-refractivity contribution is -0.139. The van der Waals surface area contributed by atoms with Crippen LogP contribution in [0.25, 0.3) is 0 Å². The summed E-state index contributed by atoms with van der Waals surface area (Å²) < 4.78 is 0. The summed E-state index contributed by atoms with van der Waals surface area (Å²) in [6.07, 6.45) is 6.06. The van der Waals surface area contributed by atoms with Gasteiger partial charge in [-0.1, -0.05) is 73.2 Å². The zero-order valence-corrected chi connectivity index (χ0v) is 21.6. The van der Waals surface area contributed by atoms with E-state index < -0.39 is 6.04 Å². The van der Waals surface area contributed by atoms with Gasteiger partial charge < -0.3 is 10.2 Å². The number of thioether (sulfide) groups is 1. The number of carbonyl (C=O) groups excluding carboxylic acids is 2. The Bertz CT molecular complexity index is 946. The van der Waals surface area contributed by atoms with Crippen LogP contribution >= 0.6 is 35.0 Å². The van der Waals surface area contributed by atoms with Crippen molar-refractivity contribution in [2.75, 3.05) is 5.75 Å². The molecule has 33 heavy (non-hydrogen) atoms. The number of amides is 2. The fourth-order valence-electron chi connectivity index (χ4n) is 4.16. The summed E-state index contributed by atoms with van der Waals surface area (Å²) in [7, 11) is 0. The van der Waals surface area contributed by atoms with E-state index in [2.05, 4.69) is 5.32 Å². The maximum Gasteiger partial charge on any atom is 0.243 e.